The fourth-order valence-electron chi connectivity index (χ4n) is 3.05. The van der Waals surface area contributed by atoms with Crippen LogP contribution in [0.2, 0.25) is 0 Å². The fraction of sp³-hybridized carbons (Fsp3) is 0.364. The van der Waals surface area contributed by atoms with Crippen molar-refractivity contribution in [1.29, 1.82) is 0 Å². The second-order valence-corrected chi connectivity index (χ2v) is 8.26. The first kappa shape index (κ1) is 33.3. The molecule has 4 amide bonds. The van der Waals surface area contributed by atoms with E-state index in [-0.39, 0.29) is 47.8 Å². The van der Waals surface area contributed by atoms with Gasteiger partial charge in [-0.05, 0) is 42.8 Å². The minimum absolute atomic E-state index is 0.114. The van der Waals surface area contributed by atoms with Crippen LogP contribution in [0.15, 0.2) is 36.4 Å². The first-order chi connectivity index (χ1) is 18.5. The Kier molecular flexibility index (Phi) is 9.68. The van der Waals surface area contributed by atoms with Crippen LogP contribution in [0, 0.1) is 0 Å². The Morgan fingerprint density at radius 3 is 1.34 bits per heavy atom. The van der Waals surface area contributed by atoms with Gasteiger partial charge in [0.2, 0.25) is 0 Å². The summed E-state index contributed by atoms with van der Waals surface area (Å²) in [5, 5.41) is 13.3. The van der Waals surface area contributed by atoms with E-state index in [2.05, 4.69) is 0 Å². The van der Waals surface area contributed by atoms with Crippen molar-refractivity contribution in [2.45, 2.75) is 44.2 Å². The van der Waals surface area contributed by atoms with Crippen LogP contribution in [0.4, 0.5) is 73.6 Å². The number of nitrogens with zero attached hydrogens (tertiary/aromatic N) is 1. The normalized spacial score (nSPS) is 13.4. The van der Waals surface area contributed by atoms with E-state index in [1.165, 1.54) is 6.92 Å². The Bertz CT molecular complexity index is 1190. The van der Waals surface area contributed by atoms with E-state index >= 15 is 0 Å². The number of halogens is 12. The van der Waals surface area contributed by atoms with Crippen LogP contribution < -0.4 is 16.1 Å². The standard InChI is InChI=1S/C22H18F12N4O3/c1-2-16(39)9-38(18(41)36-15-7-12(21(29,30)31)4-13(8-15)22(32,33)34)37-17(40)35-14-5-10(19(23,24)25)3-11(6-14)20(26,27)28/h3-8,16,39H,2,9H2,1H3,(H,36,41)(H2,35,37,40). The molecule has 0 fully saturated rings. The van der Waals surface area contributed by atoms with E-state index in [4.69, 9.17) is 0 Å². The summed E-state index contributed by atoms with van der Waals surface area (Å²) in [4.78, 5) is 25.0. The molecule has 0 aliphatic rings. The maximum Gasteiger partial charge on any atom is 0.416 e. The molecule has 0 saturated carbocycles. The van der Waals surface area contributed by atoms with E-state index in [1.807, 2.05) is 0 Å². The molecule has 1 atom stereocenters. The second kappa shape index (κ2) is 11.9. The molecule has 4 N–H and O–H groups in total. The molecule has 0 radical (unpaired) electrons. The number of benzene rings is 2. The molecule has 0 heterocycles. The first-order valence-electron chi connectivity index (χ1n) is 10.9. The lowest BCUT2D eigenvalue weighted by atomic mass is 10.1. The summed E-state index contributed by atoms with van der Waals surface area (Å²) >= 11 is 0. The van der Waals surface area contributed by atoms with E-state index < -0.39 is 83.0 Å². The molecule has 0 aromatic heterocycles. The monoisotopic (exact) mass is 614 g/mol. The van der Waals surface area contributed by atoms with Gasteiger partial charge in [0.05, 0.1) is 34.9 Å². The summed E-state index contributed by atoms with van der Waals surface area (Å²) in [5.74, 6) is 0. The molecule has 1 unspecified atom stereocenters. The number of nitrogens with one attached hydrogen (secondary N) is 3. The fourth-order valence-corrected chi connectivity index (χ4v) is 3.05. The predicted molar refractivity (Wildman–Crippen MR) is 117 cm³/mol. The zero-order chi connectivity index (χ0) is 31.6. The number of hydrogen-bond acceptors (Lipinski definition) is 3. The molecule has 0 aliphatic carbocycles. The highest BCUT2D eigenvalue weighted by atomic mass is 19.4. The largest absolute Gasteiger partial charge is 0.416 e. The average Bonchev–Trinajstić information content (AvgIpc) is 2.80. The molecule has 2 aromatic carbocycles. The highest BCUT2D eigenvalue weighted by Gasteiger charge is 2.38. The Morgan fingerprint density at radius 2 is 1.02 bits per heavy atom. The van der Waals surface area contributed by atoms with Crippen molar-refractivity contribution in [3.63, 3.8) is 0 Å². The molecular formula is C22H18F12N4O3. The minimum atomic E-state index is -5.28. The third-order valence-corrected chi connectivity index (χ3v) is 5.03. The molecule has 19 heteroatoms. The van der Waals surface area contributed by atoms with Crippen LogP contribution in [0.3, 0.4) is 0 Å². The van der Waals surface area contributed by atoms with Crippen molar-refractivity contribution >= 4 is 23.4 Å². The molecule has 0 bridgehead atoms. The molecule has 2 rings (SSSR count). The van der Waals surface area contributed by atoms with Gasteiger partial charge in [-0.1, -0.05) is 6.92 Å². The molecule has 2 aromatic rings. The summed E-state index contributed by atoms with van der Waals surface area (Å²) in [6, 6.07) is -3.24. The maximum atomic E-state index is 13.1. The number of amides is 4. The van der Waals surface area contributed by atoms with Gasteiger partial charge < -0.3 is 15.7 Å². The number of urea groups is 2. The highest BCUT2D eigenvalue weighted by Crippen LogP contribution is 2.39. The lowest BCUT2D eigenvalue weighted by Gasteiger charge is -2.26. The molecular weight excluding hydrogens is 596 g/mol. The Labute approximate surface area is 222 Å². The van der Waals surface area contributed by atoms with E-state index in [0.29, 0.717) is 0 Å². The number of aliphatic hydroxyl groups excluding tert-OH is 1. The Balaban J connectivity index is 2.37. The first-order valence-corrected chi connectivity index (χ1v) is 10.9. The summed E-state index contributed by atoms with van der Waals surface area (Å²) in [6.07, 6.45) is -22.7. The van der Waals surface area contributed by atoms with Crippen molar-refractivity contribution in [1.82, 2.24) is 10.4 Å². The Hall–Kier alpha value is -3.90. The summed E-state index contributed by atoms with van der Waals surface area (Å²) in [7, 11) is 0. The second-order valence-electron chi connectivity index (χ2n) is 8.26. The van der Waals surface area contributed by atoms with Crippen molar-refractivity contribution in [2.75, 3.05) is 17.2 Å². The molecule has 41 heavy (non-hydrogen) atoms. The van der Waals surface area contributed by atoms with Crippen molar-refractivity contribution < 1.29 is 67.4 Å². The van der Waals surface area contributed by atoms with Crippen LogP contribution in [0.25, 0.3) is 0 Å². The smallest absolute Gasteiger partial charge is 0.391 e. The number of hydrazine groups is 1. The number of rotatable bonds is 5. The SMILES string of the molecule is CCC(O)CN(NC(=O)Nc1cc(C(F)(F)F)cc(C(F)(F)F)c1)C(=O)Nc1cc(C(F)(F)F)cc(C(F)(F)F)c1. The van der Waals surface area contributed by atoms with Crippen molar-refractivity contribution in [2.24, 2.45) is 0 Å². The van der Waals surface area contributed by atoms with Gasteiger partial charge in [0, 0.05) is 11.4 Å². The maximum absolute atomic E-state index is 13.1. The third kappa shape index (κ3) is 9.61. The summed E-state index contributed by atoms with van der Waals surface area (Å²) in [6.45, 7) is 0.502. The molecule has 0 spiro atoms. The van der Waals surface area contributed by atoms with Gasteiger partial charge in [0.25, 0.3) is 0 Å². The minimum Gasteiger partial charge on any atom is -0.391 e. The van der Waals surface area contributed by atoms with E-state index in [1.54, 1.807) is 16.1 Å². The molecule has 7 nitrogen and oxygen atoms in total. The summed E-state index contributed by atoms with van der Waals surface area (Å²) in [5.41, 5.74) is -7.66. The van der Waals surface area contributed by atoms with Gasteiger partial charge in [0.15, 0.2) is 0 Å². The van der Waals surface area contributed by atoms with Crippen LogP contribution >= 0.6 is 0 Å². The topological polar surface area (TPSA) is 93.7 Å². The predicted octanol–water partition coefficient (Wildman–Crippen LogP) is 7.10. The van der Waals surface area contributed by atoms with Gasteiger partial charge in [-0.25, -0.2) is 20.0 Å². The van der Waals surface area contributed by atoms with Gasteiger partial charge in [-0.3, -0.25) is 0 Å². The zero-order valence-corrected chi connectivity index (χ0v) is 20.2. The average molecular weight is 614 g/mol. The summed E-state index contributed by atoms with van der Waals surface area (Å²) < 4.78 is 157. The van der Waals surface area contributed by atoms with Crippen LogP contribution in [-0.4, -0.2) is 34.8 Å². The number of hydrogen-bond donors (Lipinski definition) is 4. The highest BCUT2D eigenvalue weighted by molar-refractivity contribution is 5.94. The molecule has 0 saturated heterocycles. The molecule has 228 valence electrons. The van der Waals surface area contributed by atoms with Crippen LogP contribution in [0.5, 0.6) is 0 Å². The third-order valence-electron chi connectivity index (χ3n) is 5.03. The number of carbonyl (C=O) groups excluding carboxylic acids is 2. The lowest BCUT2D eigenvalue weighted by Crippen LogP contribution is -2.52. The van der Waals surface area contributed by atoms with Crippen LogP contribution in [-0.2, 0) is 24.7 Å². The number of carbonyl (C=O) groups is 2. The molecule has 0 aliphatic heterocycles. The number of anilines is 2. The van der Waals surface area contributed by atoms with Gasteiger partial charge in [-0.2, -0.15) is 52.7 Å². The quantitative estimate of drug-likeness (QED) is 0.214. The van der Waals surface area contributed by atoms with Gasteiger partial charge in [-0.15, -0.1) is 0 Å². The Morgan fingerprint density at radius 1 is 0.683 bits per heavy atom. The van der Waals surface area contributed by atoms with E-state index in [0.717, 1.165) is 0 Å². The zero-order valence-electron chi connectivity index (χ0n) is 20.2. The van der Waals surface area contributed by atoms with Crippen LogP contribution in [0.1, 0.15) is 35.6 Å². The van der Waals surface area contributed by atoms with Gasteiger partial charge in [0.1, 0.15) is 0 Å². The number of aliphatic hydroxyl groups is 1. The van der Waals surface area contributed by atoms with Crippen molar-refractivity contribution in [3.05, 3.63) is 58.7 Å². The lowest BCUT2D eigenvalue weighted by molar-refractivity contribution is -0.144. The van der Waals surface area contributed by atoms with Gasteiger partial charge >= 0.3 is 36.8 Å². The van der Waals surface area contributed by atoms with Crippen molar-refractivity contribution in [3.8, 4) is 0 Å². The van der Waals surface area contributed by atoms with E-state index in [9.17, 15) is 67.4 Å². The number of alkyl halides is 12.